The molecule has 0 aromatic heterocycles. The molecule has 2 rings (SSSR count). The minimum Gasteiger partial charge on any atom is -0.466 e. The number of carbonyl (C=O) groups is 1. The number of hydrogen-bond donors (Lipinski definition) is 0. The van der Waals surface area contributed by atoms with Gasteiger partial charge in [-0.05, 0) is 31.6 Å². The maximum Gasteiger partial charge on any atom is 0.309 e. The molecule has 3 unspecified atom stereocenters. The highest BCUT2D eigenvalue weighted by molar-refractivity contribution is 5.73. The molecule has 2 aliphatic rings. The zero-order chi connectivity index (χ0) is 10.8. The highest BCUT2D eigenvalue weighted by Gasteiger charge is 2.37. The van der Waals surface area contributed by atoms with Gasteiger partial charge in [-0.3, -0.25) is 4.79 Å². The van der Waals surface area contributed by atoms with E-state index in [1.807, 2.05) is 6.92 Å². The average Bonchev–Trinajstić information content (AvgIpc) is 2.63. The molecule has 0 aliphatic heterocycles. The van der Waals surface area contributed by atoms with E-state index in [4.69, 9.17) is 4.74 Å². The van der Waals surface area contributed by atoms with Gasteiger partial charge in [-0.25, -0.2) is 0 Å². The van der Waals surface area contributed by atoms with Crippen LogP contribution in [0.3, 0.4) is 0 Å². The van der Waals surface area contributed by atoms with Crippen molar-refractivity contribution in [2.75, 3.05) is 6.61 Å². The predicted octanol–water partition coefficient (Wildman–Crippen LogP) is 2.71. The maximum absolute atomic E-state index is 11.6. The molecule has 1 fully saturated rings. The molecular formula is C13H18O2. The van der Waals surface area contributed by atoms with E-state index in [9.17, 15) is 4.79 Å². The first-order valence-corrected chi connectivity index (χ1v) is 5.76. The van der Waals surface area contributed by atoms with Gasteiger partial charge in [0.1, 0.15) is 0 Å². The van der Waals surface area contributed by atoms with Crippen LogP contribution in [0.2, 0.25) is 0 Å². The lowest BCUT2D eigenvalue weighted by molar-refractivity contribution is -0.147. The molecule has 0 spiro atoms. The van der Waals surface area contributed by atoms with E-state index in [1.165, 1.54) is 5.57 Å². The van der Waals surface area contributed by atoms with Gasteiger partial charge in [0.2, 0.25) is 0 Å². The number of carbonyl (C=O) groups excluding carboxylic acids is 1. The molecular weight excluding hydrogens is 188 g/mol. The summed E-state index contributed by atoms with van der Waals surface area (Å²) in [5.41, 5.74) is 1.43. The van der Waals surface area contributed by atoms with E-state index in [-0.39, 0.29) is 11.9 Å². The Morgan fingerprint density at radius 1 is 1.60 bits per heavy atom. The Balaban J connectivity index is 2.03. The van der Waals surface area contributed by atoms with Crippen LogP contribution in [0.15, 0.2) is 23.8 Å². The maximum atomic E-state index is 11.6. The second-order valence-electron chi connectivity index (χ2n) is 4.48. The van der Waals surface area contributed by atoms with Gasteiger partial charge in [0.25, 0.3) is 0 Å². The van der Waals surface area contributed by atoms with Gasteiger partial charge in [-0.2, -0.15) is 0 Å². The van der Waals surface area contributed by atoms with Crippen LogP contribution in [-0.2, 0) is 9.53 Å². The Hall–Kier alpha value is -1.05. The summed E-state index contributed by atoms with van der Waals surface area (Å²) in [7, 11) is 0. The Morgan fingerprint density at radius 3 is 3.07 bits per heavy atom. The minimum absolute atomic E-state index is 0.0139. The third kappa shape index (κ3) is 1.99. The third-order valence-corrected chi connectivity index (χ3v) is 3.48. The van der Waals surface area contributed by atoms with Crippen LogP contribution in [0.25, 0.3) is 0 Å². The van der Waals surface area contributed by atoms with Crippen molar-refractivity contribution in [3.8, 4) is 0 Å². The molecule has 2 nitrogen and oxygen atoms in total. The zero-order valence-electron chi connectivity index (χ0n) is 9.40. The van der Waals surface area contributed by atoms with Crippen molar-refractivity contribution in [2.24, 2.45) is 17.8 Å². The first-order valence-electron chi connectivity index (χ1n) is 5.76. The summed E-state index contributed by atoms with van der Waals surface area (Å²) in [5.74, 6) is 1.23. The van der Waals surface area contributed by atoms with Crippen molar-refractivity contribution in [3.05, 3.63) is 23.8 Å². The summed E-state index contributed by atoms with van der Waals surface area (Å²) < 4.78 is 5.08. The Bertz CT molecular complexity index is 314. The predicted molar refractivity (Wildman–Crippen MR) is 59.2 cm³/mol. The van der Waals surface area contributed by atoms with Crippen molar-refractivity contribution in [3.63, 3.8) is 0 Å². The van der Waals surface area contributed by atoms with Crippen molar-refractivity contribution in [1.29, 1.82) is 0 Å². The van der Waals surface area contributed by atoms with Gasteiger partial charge in [-0.15, -0.1) is 0 Å². The van der Waals surface area contributed by atoms with Crippen LogP contribution >= 0.6 is 0 Å². The highest BCUT2D eigenvalue weighted by Crippen LogP contribution is 2.43. The van der Waals surface area contributed by atoms with Crippen LogP contribution in [0.4, 0.5) is 0 Å². The number of ether oxygens (including phenoxy) is 1. The van der Waals surface area contributed by atoms with Crippen molar-refractivity contribution >= 4 is 5.97 Å². The fraction of sp³-hybridized carbons (Fsp3) is 0.615. The highest BCUT2D eigenvalue weighted by atomic mass is 16.5. The average molecular weight is 206 g/mol. The van der Waals surface area contributed by atoms with E-state index in [2.05, 4.69) is 25.2 Å². The molecule has 0 bridgehead atoms. The monoisotopic (exact) mass is 206 g/mol. The van der Waals surface area contributed by atoms with Gasteiger partial charge in [0, 0.05) is 0 Å². The van der Waals surface area contributed by atoms with Gasteiger partial charge < -0.3 is 4.74 Å². The topological polar surface area (TPSA) is 26.3 Å². The largest absolute Gasteiger partial charge is 0.466 e. The molecule has 1 saturated carbocycles. The lowest BCUT2D eigenvalue weighted by Gasteiger charge is -2.20. The van der Waals surface area contributed by atoms with E-state index >= 15 is 0 Å². The Kier molecular flexibility index (Phi) is 2.94. The smallest absolute Gasteiger partial charge is 0.309 e. The summed E-state index contributed by atoms with van der Waals surface area (Å²) in [6.07, 6.45) is 8.38. The summed E-state index contributed by atoms with van der Waals surface area (Å²) in [5, 5.41) is 0. The van der Waals surface area contributed by atoms with Crippen molar-refractivity contribution in [1.82, 2.24) is 0 Å². The number of allylic oxidation sites excluding steroid dienone is 4. The van der Waals surface area contributed by atoms with Crippen LogP contribution in [0.1, 0.15) is 26.7 Å². The van der Waals surface area contributed by atoms with E-state index in [0.29, 0.717) is 18.4 Å². The molecule has 0 amide bonds. The van der Waals surface area contributed by atoms with Crippen molar-refractivity contribution in [2.45, 2.75) is 26.7 Å². The second kappa shape index (κ2) is 4.21. The third-order valence-electron chi connectivity index (χ3n) is 3.48. The van der Waals surface area contributed by atoms with E-state index in [0.717, 1.165) is 12.8 Å². The number of fused-ring (bicyclic) bond motifs is 1. The molecule has 0 saturated heterocycles. The van der Waals surface area contributed by atoms with Crippen LogP contribution in [-0.4, -0.2) is 12.6 Å². The summed E-state index contributed by atoms with van der Waals surface area (Å²) >= 11 is 0. The minimum atomic E-state index is -0.0139. The molecule has 0 aromatic rings. The molecule has 15 heavy (non-hydrogen) atoms. The summed E-state index contributed by atoms with van der Waals surface area (Å²) in [6, 6.07) is 0. The standard InChI is InChI=1S/C13H18O2/c1-3-15-13(14)11-7-10-6-4-5-9(2)12(10)8-11/h4-6,9,11-12H,3,7-8H2,1-2H3. The molecule has 82 valence electrons. The Labute approximate surface area is 91.0 Å². The lowest BCUT2D eigenvalue weighted by atomic mass is 9.85. The lowest BCUT2D eigenvalue weighted by Crippen LogP contribution is -2.16. The number of rotatable bonds is 2. The quantitative estimate of drug-likeness (QED) is 0.649. The SMILES string of the molecule is CCOC(=O)C1CC2=CC=CC(C)C2C1. The summed E-state index contributed by atoms with van der Waals surface area (Å²) in [6.45, 7) is 4.58. The fourth-order valence-corrected chi connectivity index (χ4v) is 2.65. The molecule has 0 heterocycles. The van der Waals surface area contributed by atoms with Gasteiger partial charge in [0.05, 0.1) is 12.5 Å². The normalized spacial score (nSPS) is 33.5. The first-order chi connectivity index (χ1) is 7.22. The molecule has 2 heteroatoms. The first kappa shape index (κ1) is 10.5. The number of hydrogen-bond acceptors (Lipinski definition) is 2. The molecule has 0 radical (unpaired) electrons. The van der Waals surface area contributed by atoms with Gasteiger partial charge in [-0.1, -0.05) is 30.7 Å². The molecule has 3 atom stereocenters. The van der Waals surface area contributed by atoms with E-state index in [1.54, 1.807) is 0 Å². The molecule has 2 aliphatic carbocycles. The van der Waals surface area contributed by atoms with Crippen molar-refractivity contribution < 1.29 is 9.53 Å². The fourth-order valence-electron chi connectivity index (χ4n) is 2.65. The molecule has 0 N–H and O–H groups in total. The molecule has 0 aromatic carbocycles. The number of esters is 1. The summed E-state index contributed by atoms with van der Waals surface area (Å²) in [4.78, 5) is 11.6. The van der Waals surface area contributed by atoms with E-state index < -0.39 is 0 Å². The second-order valence-corrected chi connectivity index (χ2v) is 4.48. The van der Waals surface area contributed by atoms with Crippen LogP contribution in [0.5, 0.6) is 0 Å². The Morgan fingerprint density at radius 2 is 2.40 bits per heavy atom. The van der Waals surface area contributed by atoms with Crippen LogP contribution < -0.4 is 0 Å². The van der Waals surface area contributed by atoms with Crippen LogP contribution in [0, 0.1) is 17.8 Å². The van der Waals surface area contributed by atoms with Gasteiger partial charge in [0.15, 0.2) is 0 Å². The van der Waals surface area contributed by atoms with Gasteiger partial charge >= 0.3 is 5.97 Å². The zero-order valence-corrected chi connectivity index (χ0v) is 9.40.